The minimum atomic E-state index is -0.574. The molecule has 1 fully saturated rings. The number of esters is 1. The van der Waals surface area contributed by atoms with E-state index in [1.54, 1.807) is 60.3 Å². The number of aliphatic hydroxyl groups excluding tert-OH is 3. The summed E-state index contributed by atoms with van der Waals surface area (Å²) < 4.78 is 5.41. The van der Waals surface area contributed by atoms with Gasteiger partial charge in [0.25, 0.3) is 5.91 Å². The Morgan fingerprint density at radius 3 is 2.49 bits per heavy atom. The molecule has 0 aromatic heterocycles. The maximum atomic E-state index is 12.3. The Hall–Kier alpha value is -2.65. The van der Waals surface area contributed by atoms with E-state index >= 15 is 0 Å². The number of carbonyl (C=O) groups is 2. The van der Waals surface area contributed by atoms with E-state index in [1.165, 1.54) is 0 Å². The highest BCUT2D eigenvalue weighted by atomic mass is 32.2. The second-order valence-corrected chi connectivity index (χ2v) is 12.1. The van der Waals surface area contributed by atoms with Gasteiger partial charge in [-0.2, -0.15) is 11.8 Å². The number of hydrogen-bond donors (Lipinski definition) is 4. The third kappa shape index (κ3) is 10.9. The second-order valence-electron chi connectivity index (χ2n) is 10.9. The molecular formula is C33H45NO6S. The molecule has 3 rings (SSSR count). The number of hydrogen-bond acceptors (Lipinski definition) is 7. The lowest BCUT2D eigenvalue weighted by atomic mass is 9.99. The molecule has 2 aromatic carbocycles. The molecule has 1 saturated carbocycles. The second kappa shape index (κ2) is 17.3. The van der Waals surface area contributed by atoms with Gasteiger partial charge in [-0.05, 0) is 68.0 Å². The van der Waals surface area contributed by atoms with Crippen LogP contribution in [0.15, 0.2) is 66.7 Å². The van der Waals surface area contributed by atoms with Gasteiger partial charge in [-0.25, -0.2) is 0 Å². The average Bonchev–Trinajstić information content (AvgIpc) is 3.24. The molecule has 1 aliphatic rings. The molecule has 4 N–H and O–H groups in total. The fourth-order valence-corrected chi connectivity index (χ4v) is 6.62. The van der Waals surface area contributed by atoms with Crippen molar-refractivity contribution in [3.05, 3.63) is 72.3 Å². The summed E-state index contributed by atoms with van der Waals surface area (Å²) in [5.74, 6) is 0.620. The summed E-state index contributed by atoms with van der Waals surface area (Å²) in [5, 5.41) is 34.2. The van der Waals surface area contributed by atoms with E-state index in [0.717, 1.165) is 19.3 Å². The van der Waals surface area contributed by atoms with Crippen LogP contribution in [0.3, 0.4) is 0 Å². The number of amides is 1. The zero-order valence-electron chi connectivity index (χ0n) is 24.2. The maximum absolute atomic E-state index is 12.3. The average molecular weight is 584 g/mol. The topological polar surface area (TPSA) is 116 Å². The summed E-state index contributed by atoms with van der Waals surface area (Å²) >= 11 is 1.57. The number of allylic oxidation sites excluding steroid dienone is 2. The smallest absolute Gasteiger partial charge is 0.311 e. The van der Waals surface area contributed by atoms with Crippen molar-refractivity contribution in [2.75, 3.05) is 11.1 Å². The van der Waals surface area contributed by atoms with Gasteiger partial charge >= 0.3 is 5.97 Å². The van der Waals surface area contributed by atoms with Crippen LogP contribution in [0.5, 0.6) is 5.75 Å². The Balaban J connectivity index is 1.35. The molecule has 0 heterocycles. The van der Waals surface area contributed by atoms with Crippen LogP contribution in [0, 0.1) is 11.8 Å². The lowest BCUT2D eigenvalue weighted by molar-refractivity contribution is -0.134. The standard InChI is InChI=1S/C33H45NO6S/c1-3-4-12-23(2)30(37)22-41-32-27(28(35)21-29(32)36)15-10-5-6-11-16-31(38)40-26-19-17-25(18-20-26)34-33(39)24-13-8-7-9-14-24/h5,7-10,13-14,17-20,23,27-30,32,35-37H,3-4,6,11-12,15-16,21-22H2,1-2H3,(H,34,39)/t23?,27-,28?,29+,30?,32+/m0/s1. The van der Waals surface area contributed by atoms with E-state index < -0.39 is 18.3 Å². The molecule has 8 heteroatoms. The van der Waals surface area contributed by atoms with Crippen LogP contribution < -0.4 is 10.1 Å². The van der Waals surface area contributed by atoms with Crippen LogP contribution in [-0.4, -0.2) is 56.5 Å². The van der Waals surface area contributed by atoms with Gasteiger partial charge in [0.15, 0.2) is 0 Å². The normalized spacial score (nSPS) is 22.0. The lowest BCUT2D eigenvalue weighted by Gasteiger charge is -2.25. The van der Waals surface area contributed by atoms with Crippen LogP contribution in [0.2, 0.25) is 0 Å². The molecule has 2 aromatic rings. The molecular weight excluding hydrogens is 538 g/mol. The predicted octanol–water partition coefficient (Wildman–Crippen LogP) is 5.99. The number of aliphatic hydroxyl groups is 3. The molecule has 1 amide bonds. The van der Waals surface area contributed by atoms with Crippen molar-refractivity contribution in [3.8, 4) is 5.75 Å². The Labute approximate surface area is 248 Å². The van der Waals surface area contributed by atoms with Crippen molar-refractivity contribution in [1.82, 2.24) is 0 Å². The first-order valence-corrected chi connectivity index (χ1v) is 15.8. The summed E-state index contributed by atoms with van der Waals surface area (Å²) in [5.41, 5.74) is 1.18. The van der Waals surface area contributed by atoms with E-state index in [4.69, 9.17) is 4.74 Å². The third-order valence-corrected chi connectivity index (χ3v) is 9.20. The number of carbonyl (C=O) groups excluding carboxylic acids is 2. The molecule has 1 aliphatic carbocycles. The first-order valence-electron chi connectivity index (χ1n) is 14.8. The number of unbranched alkanes of at least 4 members (excludes halogenated alkanes) is 2. The van der Waals surface area contributed by atoms with Gasteiger partial charge in [-0.3, -0.25) is 9.59 Å². The first-order chi connectivity index (χ1) is 19.8. The first kappa shape index (κ1) is 32.9. The van der Waals surface area contributed by atoms with Gasteiger partial charge in [0, 0.05) is 41.0 Å². The van der Waals surface area contributed by atoms with Gasteiger partial charge in [0.05, 0.1) is 18.3 Å². The molecule has 0 aliphatic heterocycles. The maximum Gasteiger partial charge on any atom is 0.311 e. The number of benzene rings is 2. The van der Waals surface area contributed by atoms with E-state index in [1.807, 2.05) is 18.2 Å². The molecule has 0 spiro atoms. The largest absolute Gasteiger partial charge is 0.427 e. The highest BCUT2D eigenvalue weighted by molar-refractivity contribution is 8.00. The van der Waals surface area contributed by atoms with Crippen LogP contribution in [0.1, 0.15) is 75.6 Å². The summed E-state index contributed by atoms with van der Waals surface area (Å²) in [4.78, 5) is 24.5. The number of rotatable bonds is 16. The minimum Gasteiger partial charge on any atom is -0.427 e. The minimum absolute atomic E-state index is 0.0604. The SMILES string of the molecule is CCCCC(C)C(O)CS[C@H]1[C@H](O)CC(O)[C@@H]1CC=CCCCC(=O)Oc1ccc(NC(=O)c2ccccc2)cc1. The van der Waals surface area contributed by atoms with Crippen LogP contribution in [0.25, 0.3) is 0 Å². The van der Waals surface area contributed by atoms with E-state index in [-0.39, 0.29) is 35.4 Å². The Bertz CT molecular complexity index is 1090. The van der Waals surface area contributed by atoms with Crippen LogP contribution >= 0.6 is 11.8 Å². The van der Waals surface area contributed by atoms with Crippen LogP contribution in [0.4, 0.5) is 5.69 Å². The summed E-state index contributed by atoms with van der Waals surface area (Å²) in [6.45, 7) is 4.22. The number of ether oxygens (including phenoxy) is 1. The van der Waals surface area contributed by atoms with Gasteiger partial charge in [0.2, 0.25) is 0 Å². The van der Waals surface area contributed by atoms with Crippen molar-refractivity contribution in [2.24, 2.45) is 11.8 Å². The van der Waals surface area contributed by atoms with Gasteiger partial charge in [0.1, 0.15) is 5.75 Å². The molecule has 6 atom stereocenters. The van der Waals surface area contributed by atoms with Crippen molar-refractivity contribution < 1.29 is 29.6 Å². The summed E-state index contributed by atoms with van der Waals surface area (Å²) in [6, 6.07) is 15.6. The van der Waals surface area contributed by atoms with E-state index in [9.17, 15) is 24.9 Å². The van der Waals surface area contributed by atoms with E-state index in [2.05, 4.69) is 19.2 Å². The van der Waals surface area contributed by atoms with Crippen LogP contribution in [-0.2, 0) is 4.79 Å². The Morgan fingerprint density at radius 2 is 1.78 bits per heavy atom. The predicted molar refractivity (Wildman–Crippen MR) is 165 cm³/mol. The number of nitrogens with one attached hydrogen (secondary N) is 1. The van der Waals surface area contributed by atoms with E-state index in [0.29, 0.717) is 48.4 Å². The van der Waals surface area contributed by atoms with Gasteiger partial charge in [-0.1, -0.05) is 57.0 Å². The van der Waals surface area contributed by atoms with Gasteiger partial charge < -0.3 is 25.4 Å². The Morgan fingerprint density at radius 1 is 1.05 bits per heavy atom. The summed E-state index contributed by atoms with van der Waals surface area (Å²) in [7, 11) is 0. The fourth-order valence-electron chi connectivity index (χ4n) is 5.00. The molecule has 224 valence electrons. The Kier molecular flexibility index (Phi) is 13.9. The molecule has 3 unspecified atom stereocenters. The number of thioether (sulfide) groups is 1. The highest BCUT2D eigenvalue weighted by Gasteiger charge is 2.41. The molecule has 0 bridgehead atoms. The zero-order valence-corrected chi connectivity index (χ0v) is 25.0. The van der Waals surface area contributed by atoms with Crippen molar-refractivity contribution in [1.29, 1.82) is 0 Å². The van der Waals surface area contributed by atoms with Crippen molar-refractivity contribution in [3.63, 3.8) is 0 Å². The van der Waals surface area contributed by atoms with Crippen molar-refractivity contribution >= 4 is 29.3 Å². The van der Waals surface area contributed by atoms with Crippen molar-refractivity contribution in [2.45, 2.75) is 88.8 Å². The van der Waals surface area contributed by atoms with Gasteiger partial charge in [-0.15, -0.1) is 0 Å². The third-order valence-electron chi connectivity index (χ3n) is 7.61. The molecule has 41 heavy (non-hydrogen) atoms. The molecule has 0 radical (unpaired) electrons. The number of anilines is 1. The fraction of sp³-hybridized carbons (Fsp3) is 0.515. The zero-order chi connectivity index (χ0) is 29.6. The molecule has 0 saturated heterocycles. The molecule has 7 nitrogen and oxygen atoms in total. The lowest BCUT2D eigenvalue weighted by Crippen LogP contribution is -2.28. The monoisotopic (exact) mass is 583 g/mol. The highest BCUT2D eigenvalue weighted by Crippen LogP contribution is 2.39. The quantitative estimate of drug-likeness (QED) is 0.0830. The summed E-state index contributed by atoms with van der Waals surface area (Å²) in [6.07, 6.45) is 8.32.